The molecule has 126 valence electrons. The average Bonchev–Trinajstić information content (AvgIpc) is 3.08. The predicted octanol–water partition coefficient (Wildman–Crippen LogP) is 3.33. The number of benzene rings is 1. The number of rotatable bonds is 2. The van der Waals surface area contributed by atoms with Crippen LogP contribution in [0, 0.1) is 0 Å². The van der Waals surface area contributed by atoms with E-state index >= 15 is 0 Å². The van der Waals surface area contributed by atoms with E-state index in [0.29, 0.717) is 0 Å². The number of hydrogen-bond acceptors (Lipinski definition) is 3. The summed E-state index contributed by atoms with van der Waals surface area (Å²) < 4.78 is 1.90. The second-order valence-electron chi connectivity index (χ2n) is 6.26. The third kappa shape index (κ3) is 3.02. The van der Waals surface area contributed by atoms with Gasteiger partial charge in [-0.3, -0.25) is 5.32 Å². The highest BCUT2D eigenvalue weighted by Crippen LogP contribution is 2.31. The van der Waals surface area contributed by atoms with E-state index in [-0.39, 0.29) is 6.03 Å². The van der Waals surface area contributed by atoms with Crippen LogP contribution in [0.1, 0.15) is 24.1 Å². The van der Waals surface area contributed by atoms with Crippen LogP contribution in [0.3, 0.4) is 0 Å². The summed E-state index contributed by atoms with van der Waals surface area (Å²) in [7, 11) is 0. The predicted molar refractivity (Wildman–Crippen MR) is 98.1 cm³/mol. The van der Waals surface area contributed by atoms with E-state index in [1.54, 1.807) is 0 Å². The Morgan fingerprint density at radius 2 is 1.96 bits per heavy atom. The molecule has 0 atom stereocenters. The monoisotopic (exact) mass is 342 g/mol. The molecule has 2 aromatic rings. The summed E-state index contributed by atoms with van der Waals surface area (Å²) in [5.74, 6) is 3.01. The molecule has 0 radical (unpaired) electrons. The molecule has 6 heteroatoms. The fraction of sp³-hybridized carbons (Fsp3) is 0.444. The van der Waals surface area contributed by atoms with Gasteiger partial charge in [0.25, 0.3) is 0 Å². The summed E-state index contributed by atoms with van der Waals surface area (Å²) in [4.78, 5) is 14.7. The molecule has 0 unspecified atom stereocenters. The van der Waals surface area contributed by atoms with Crippen LogP contribution in [0.5, 0.6) is 0 Å². The second kappa shape index (κ2) is 6.89. The smallest absolute Gasteiger partial charge is 0.323 e. The lowest BCUT2D eigenvalue weighted by Gasteiger charge is -2.21. The van der Waals surface area contributed by atoms with Gasteiger partial charge in [-0.1, -0.05) is 18.2 Å². The van der Waals surface area contributed by atoms with Gasteiger partial charge in [0.05, 0.1) is 11.4 Å². The van der Waals surface area contributed by atoms with Crippen LogP contribution in [-0.4, -0.2) is 45.3 Å². The number of nitrogens with one attached hydrogen (secondary N) is 1. The number of amides is 2. The van der Waals surface area contributed by atoms with Crippen molar-refractivity contribution >= 4 is 23.6 Å². The number of thioether (sulfide) groups is 1. The average molecular weight is 342 g/mol. The van der Waals surface area contributed by atoms with Crippen molar-refractivity contribution in [3.05, 3.63) is 41.6 Å². The van der Waals surface area contributed by atoms with Crippen LogP contribution in [0.25, 0.3) is 5.69 Å². The van der Waals surface area contributed by atoms with Gasteiger partial charge in [0, 0.05) is 24.4 Å². The van der Waals surface area contributed by atoms with Gasteiger partial charge in [0.2, 0.25) is 0 Å². The first-order valence-corrected chi connectivity index (χ1v) is 9.78. The van der Waals surface area contributed by atoms with Crippen LogP contribution >= 0.6 is 11.8 Å². The van der Waals surface area contributed by atoms with Crippen LogP contribution in [0.15, 0.2) is 30.3 Å². The standard InChI is InChI=1S/C18H22N4OS/c23-18(21-10-5-12-24-13-11-21)19-17-15-8-4-9-16(15)20-22(17)14-6-2-1-3-7-14/h1-3,6-7H,4-5,8-13H2,(H,19,23). The minimum absolute atomic E-state index is 0.00396. The molecule has 1 aromatic carbocycles. The van der Waals surface area contributed by atoms with Crippen molar-refractivity contribution < 1.29 is 4.79 Å². The number of carbonyl (C=O) groups is 1. The number of aryl methyl sites for hydroxylation is 1. The summed E-state index contributed by atoms with van der Waals surface area (Å²) in [5.41, 5.74) is 3.32. The maximum atomic E-state index is 12.8. The molecule has 4 rings (SSSR count). The van der Waals surface area contributed by atoms with E-state index in [4.69, 9.17) is 5.10 Å². The number of fused-ring (bicyclic) bond motifs is 1. The Morgan fingerprint density at radius 3 is 2.83 bits per heavy atom. The van der Waals surface area contributed by atoms with Gasteiger partial charge in [-0.05, 0) is 43.6 Å². The van der Waals surface area contributed by atoms with Gasteiger partial charge in [-0.2, -0.15) is 16.9 Å². The zero-order valence-corrected chi connectivity index (χ0v) is 14.5. The minimum Gasteiger partial charge on any atom is -0.324 e. The SMILES string of the molecule is O=C(Nc1c2c(nn1-c1ccccc1)CCC2)N1CCCSCC1. The number of nitrogens with zero attached hydrogens (tertiary/aromatic N) is 3. The van der Waals surface area contributed by atoms with Crippen molar-refractivity contribution in [3.8, 4) is 5.69 Å². The lowest BCUT2D eigenvalue weighted by molar-refractivity contribution is 0.215. The first kappa shape index (κ1) is 15.6. The van der Waals surface area contributed by atoms with Crippen molar-refractivity contribution in [3.63, 3.8) is 0 Å². The van der Waals surface area contributed by atoms with E-state index in [2.05, 4.69) is 5.32 Å². The van der Waals surface area contributed by atoms with Crippen LogP contribution < -0.4 is 5.32 Å². The Balaban J connectivity index is 1.63. The summed E-state index contributed by atoms with van der Waals surface area (Å²) >= 11 is 1.93. The second-order valence-corrected chi connectivity index (χ2v) is 7.48. The summed E-state index contributed by atoms with van der Waals surface area (Å²) in [5, 5.41) is 7.92. The number of carbonyl (C=O) groups excluding carboxylic acids is 1. The van der Waals surface area contributed by atoms with Crippen molar-refractivity contribution in [1.82, 2.24) is 14.7 Å². The molecule has 0 bridgehead atoms. The van der Waals surface area contributed by atoms with Gasteiger partial charge in [-0.25, -0.2) is 9.48 Å². The quantitative estimate of drug-likeness (QED) is 0.911. The van der Waals surface area contributed by atoms with Gasteiger partial charge in [0.15, 0.2) is 0 Å². The van der Waals surface area contributed by atoms with Crippen LogP contribution in [0.4, 0.5) is 10.6 Å². The molecule has 0 spiro atoms. The Kier molecular flexibility index (Phi) is 4.47. The molecule has 1 aliphatic heterocycles. The molecule has 2 heterocycles. The molecule has 5 nitrogen and oxygen atoms in total. The molecule has 1 fully saturated rings. The summed E-state index contributed by atoms with van der Waals surface area (Å²) in [6.45, 7) is 1.65. The number of anilines is 1. The van der Waals surface area contributed by atoms with E-state index < -0.39 is 0 Å². The normalized spacial score (nSPS) is 17.4. The molecular formula is C18H22N4OS. The molecule has 0 saturated carbocycles. The molecule has 1 aliphatic carbocycles. The van der Waals surface area contributed by atoms with E-state index in [0.717, 1.165) is 67.5 Å². The Morgan fingerprint density at radius 1 is 1.08 bits per heavy atom. The molecular weight excluding hydrogens is 320 g/mol. The van der Waals surface area contributed by atoms with Gasteiger partial charge in [-0.15, -0.1) is 0 Å². The first-order chi connectivity index (χ1) is 11.8. The molecule has 2 amide bonds. The summed E-state index contributed by atoms with van der Waals surface area (Å²) in [6, 6.07) is 10.1. The topological polar surface area (TPSA) is 50.2 Å². The van der Waals surface area contributed by atoms with E-state index in [1.165, 1.54) is 5.56 Å². The highest BCUT2D eigenvalue weighted by Gasteiger charge is 2.25. The van der Waals surface area contributed by atoms with Gasteiger partial charge in [0.1, 0.15) is 5.82 Å². The van der Waals surface area contributed by atoms with E-state index in [1.807, 2.05) is 51.7 Å². The highest BCUT2D eigenvalue weighted by molar-refractivity contribution is 7.99. The van der Waals surface area contributed by atoms with Crippen molar-refractivity contribution in [2.24, 2.45) is 0 Å². The van der Waals surface area contributed by atoms with Crippen LogP contribution in [0.2, 0.25) is 0 Å². The number of urea groups is 1. The van der Waals surface area contributed by atoms with Crippen molar-refractivity contribution in [2.75, 3.05) is 29.9 Å². The minimum atomic E-state index is 0.00396. The molecule has 1 saturated heterocycles. The third-order valence-electron chi connectivity index (χ3n) is 4.64. The molecule has 2 aliphatic rings. The zero-order chi connectivity index (χ0) is 16.4. The lowest BCUT2D eigenvalue weighted by Crippen LogP contribution is -2.37. The first-order valence-electron chi connectivity index (χ1n) is 8.63. The maximum absolute atomic E-state index is 12.8. The van der Waals surface area contributed by atoms with Crippen molar-refractivity contribution in [2.45, 2.75) is 25.7 Å². The fourth-order valence-electron chi connectivity index (χ4n) is 3.41. The molecule has 24 heavy (non-hydrogen) atoms. The third-order valence-corrected chi connectivity index (χ3v) is 5.69. The largest absolute Gasteiger partial charge is 0.324 e. The van der Waals surface area contributed by atoms with Gasteiger partial charge >= 0.3 is 6.03 Å². The number of para-hydroxylation sites is 1. The number of hydrogen-bond donors (Lipinski definition) is 1. The highest BCUT2D eigenvalue weighted by atomic mass is 32.2. The molecule has 1 N–H and O–H groups in total. The maximum Gasteiger partial charge on any atom is 0.323 e. The fourth-order valence-corrected chi connectivity index (χ4v) is 4.29. The zero-order valence-electron chi connectivity index (χ0n) is 13.7. The Labute approximate surface area is 146 Å². The lowest BCUT2D eigenvalue weighted by atomic mass is 10.2. The number of aromatic nitrogens is 2. The summed E-state index contributed by atoms with van der Waals surface area (Å²) in [6.07, 6.45) is 4.18. The Bertz CT molecular complexity index is 720. The Hall–Kier alpha value is -1.95. The van der Waals surface area contributed by atoms with Crippen molar-refractivity contribution in [1.29, 1.82) is 0 Å². The van der Waals surface area contributed by atoms with Crippen LogP contribution in [-0.2, 0) is 12.8 Å². The van der Waals surface area contributed by atoms with Gasteiger partial charge < -0.3 is 4.90 Å². The molecule has 1 aromatic heterocycles. The van der Waals surface area contributed by atoms with E-state index in [9.17, 15) is 4.79 Å².